The van der Waals surface area contributed by atoms with E-state index in [-0.39, 0.29) is 5.78 Å². The van der Waals surface area contributed by atoms with Crippen LogP contribution in [0.2, 0.25) is 5.02 Å². The van der Waals surface area contributed by atoms with Crippen LogP contribution in [0.1, 0.15) is 15.9 Å². The van der Waals surface area contributed by atoms with Crippen molar-refractivity contribution < 1.29 is 9.53 Å². The van der Waals surface area contributed by atoms with Gasteiger partial charge in [0, 0.05) is 10.6 Å². The Morgan fingerprint density at radius 3 is 2.58 bits per heavy atom. The fourth-order valence-electron chi connectivity index (χ4n) is 1.62. The predicted molar refractivity (Wildman–Crippen MR) is 77.8 cm³/mol. The zero-order chi connectivity index (χ0) is 13.7. The number of hydrogen-bond acceptors (Lipinski definition) is 2. The number of hydrogen-bond donors (Lipinski definition) is 0. The molecule has 0 aromatic heterocycles. The van der Waals surface area contributed by atoms with Gasteiger partial charge in [-0.2, -0.15) is 0 Å². The van der Waals surface area contributed by atoms with Gasteiger partial charge < -0.3 is 4.74 Å². The summed E-state index contributed by atoms with van der Waals surface area (Å²) in [5.74, 6) is 0.611. The van der Waals surface area contributed by atoms with Gasteiger partial charge in [-0.15, -0.1) is 0 Å². The molecule has 0 unspecified atom stereocenters. The number of methoxy groups -OCH3 is 1. The van der Waals surface area contributed by atoms with Crippen LogP contribution in [0, 0.1) is 0 Å². The molecule has 2 rings (SSSR count). The molecule has 0 amide bonds. The van der Waals surface area contributed by atoms with E-state index in [2.05, 4.69) is 0 Å². The van der Waals surface area contributed by atoms with E-state index >= 15 is 0 Å². The maximum absolute atomic E-state index is 12.0. The standard InChI is InChI=1S/C16H13ClO2/c1-19-15-4-2-3-13(11-15)16(18)10-7-12-5-8-14(17)9-6-12/h2-11H,1H3/b10-7+. The average molecular weight is 273 g/mol. The number of rotatable bonds is 4. The summed E-state index contributed by atoms with van der Waals surface area (Å²) in [7, 11) is 1.58. The zero-order valence-corrected chi connectivity index (χ0v) is 11.2. The molecule has 0 heterocycles. The number of carbonyl (C=O) groups is 1. The van der Waals surface area contributed by atoms with E-state index in [1.165, 1.54) is 6.08 Å². The smallest absolute Gasteiger partial charge is 0.185 e. The van der Waals surface area contributed by atoms with Gasteiger partial charge >= 0.3 is 0 Å². The summed E-state index contributed by atoms with van der Waals surface area (Å²) in [5.41, 5.74) is 1.53. The Morgan fingerprint density at radius 1 is 1.16 bits per heavy atom. The van der Waals surface area contributed by atoms with Crippen molar-refractivity contribution in [2.24, 2.45) is 0 Å². The predicted octanol–water partition coefficient (Wildman–Crippen LogP) is 4.24. The Labute approximate surface area is 117 Å². The van der Waals surface area contributed by atoms with E-state index in [1.54, 1.807) is 49.6 Å². The summed E-state index contributed by atoms with van der Waals surface area (Å²) in [6, 6.07) is 14.4. The van der Waals surface area contributed by atoms with Crippen LogP contribution in [-0.4, -0.2) is 12.9 Å². The Morgan fingerprint density at radius 2 is 1.89 bits per heavy atom. The lowest BCUT2D eigenvalue weighted by Gasteiger charge is -2.01. The van der Waals surface area contributed by atoms with E-state index in [0.717, 1.165) is 5.56 Å². The van der Waals surface area contributed by atoms with Gasteiger partial charge in [0.2, 0.25) is 0 Å². The molecule has 2 aromatic rings. The Kier molecular flexibility index (Phi) is 4.37. The third-order valence-electron chi connectivity index (χ3n) is 2.65. The molecule has 0 aliphatic carbocycles. The van der Waals surface area contributed by atoms with Crippen molar-refractivity contribution in [2.75, 3.05) is 7.11 Å². The summed E-state index contributed by atoms with van der Waals surface area (Å²) in [6.45, 7) is 0. The van der Waals surface area contributed by atoms with Crippen molar-refractivity contribution in [1.29, 1.82) is 0 Å². The van der Waals surface area contributed by atoms with Gasteiger partial charge in [-0.25, -0.2) is 0 Å². The number of ether oxygens (including phenoxy) is 1. The molecule has 3 heteroatoms. The number of carbonyl (C=O) groups excluding carboxylic acids is 1. The van der Waals surface area contributed by atoms with E-state index in [9.17, 15) is 4.79 Å². The summed E-state index contributed by atoms with van der Waals surface area (Å²) in [5, 5.41) is 0.677. The molecule has 96 valence electrons. The molecule has 0 bridgehead atoms. The fourth-order valence-corrected chi connectivity index (χ4v) is 1.74. The molecule has 0 aliphatic rings. The maximum Gasteiger partial charge on any atom is 0.185 e. The highest BCUT2D eigenvalue weighted by molar-refractivity contribution is 6.30. The molecule has 0 fully saturated rings. The highest BCUT2D eigenvalue weighted by atomic mass is 35.5. The number of halogens is 1. The maximum atomic E-state index is 12.0. The minimum absolute atomic E-state index is 0.0612. The van der Waals surface area contributed by atoms with Gasteiger partial charge in [0.15, 0.2) is 5.78 Å². The highest BCUT2D eigenvalue weighted by Gasteiger charge is 2.02. The van der Waals surface area contributed by atoms with Crippen molar-refractivity contribution >= 4 is 23.5 Å². The second-order valence-corrected chi connectivity index (χ2v) is 4.42. The van der Waals surface area contributed by atoms with Crippen molar-refractivity contribution in [1.82, 2.24) is 0 Å². The first-order valence-corrected chi connectivity index (χ1v) is 6.19. The third-order valence-corrected chi connectivity index (χ3v) is 2.90. The minimum atomic E-state index is -0.0612. The van der Waals surface area contributed by atoms with Gasteiger partial charge in [-0.05, 0) is 35.9 Å². The fraction of sp³-hybridized carbons (Fsp3) is 0.0625. The van der Waals surface area contributed by atoms with Crippen LogP contribution in [0.3, 0.4) is 0 Å². The minimum Gasteiger partial charge on any atom is -0.497 e. The van der Waals surface area contributed by atoms with E-state index in [1.807, 2.05) is 12.1 Å². The van der Waals surface area contributed by atoms with Gasteiger partial charge in [0.25, 0.3) is 0 Å². The van der Waals surface area contributed by atoms with Crippen molar-refractivity contribution in [3.8, 4) is 5.75 Å². The number of allylic oxidation sites excluding steroid dienone is 1. The van der Waals surface area contributed by atoms with Crippen molar-refractivity contribution in [3.05, 3.63) is 70.8 Å². The van der Waals surface area contributed by atoms with Crippen LogP contribution < -0.4 is 4.74 Å². The number of benzene rings is 2. The molecule has 0 saturated heterocycles. The molecule has 0 saturated carbocycles. The lowest BCUT2D eigenvalue weighted by atomic mass is 10.1. The SMILES string of the molecule is COc1cccc(C(=O)/C=C/c2ccc(Cl)cc2)c1. The van der Waals surface area contributed by atoms with Crippen LogP contribution in [-0.2, 0) is 0 Å². The summed E-state index contributed by atoms with van der Waals surface area (Å²) >= 11 is 5.80. The normalized spacial score (nSPS) is 10.6. The molecule has 2 nitrogen and oxygen atoms in total. The van der Waals surface area contributed by atoms with Gasteiger partial charge in [0.1, 0.15) is 5.75 Å². The van der Waals surface area contributed by atoms with E-state index in [4.69, 9.17) is 16.3 Å². The first-order chi connectivity index (χ1) is 9.19. The molecule has 0 spiro atoms. The third kappa shape index (κ3) is 3.70. The molecular formula is C16H13ClO2. The second kappa shape index (κ2) is 6.21. The topological polar surface area (TPSA) is 26.3 Å². The average Bonchev–Trinajstić information content (AvgIpc) is 2.46. The quantitative estimate of drug-likeness (QED) is 0.614. The first-order valence-electron chi connectivity index (χ1n) is 5.81. The number of ketones is 1. The summed E-state index contributed by atoms with van der Waals surface area (Å²) < 4.78 is 5.09. The van der Waals surface area contributed by atoms with E-state index in [0.29, 0.717) is 16.3 Å². The molecule has 2 aromatic carbocycles. The highest BCUT2D eigenvalue weighted by Crippen LogP contribution is 2.15. The lowest BCUT2D eigenvalue weighted by molar-refractivity contribution is 0.104. The summed E-state index contributed by atoms with van der Waals surface area (Å²) in [4.78, 5) is 12.0. The molecule has 0 atom stereocenters. The Bertz CT molecular complexity index is 600. The van der Waals surface area contributed by atoms with Crippen LogP contribution in [0.25, 0.3) is 6.08 Å². The monoisotopic (exact) mass is 272 g/mol. The summed E-state index contributed by atoms with van der Waals surface area (Å²) in [6.07, 6.45) is 3.30. The van der Waals surface area contributed by atoms with Gasteiger partial charge in [-0.1, -0.05) is 41.9 Å². The first kappa shape index (κ1) is 13.4. The van der Waals surface area contributed by atoms with Crippen LogP contribution in [0.5, 0.6) is 5.75 Å². The molecule has 0 N–H and O–H groups in total. The zero-order valence-electron chi connectivity index (χ0n) is 10.5. The lowest BCUT2D eigenvalue weighted by Crippen LogP contribution is -1.94. The second-order valence-electron chi connectivity index (χ2n) is 3.98. The Hall–Kier alpha value is -2.06. The van der Waals surface area contributed by atoms with Gasteiger partial charge in [-0.3, -0.25) is 4.79 Å². The van der Waals surface area contributed by atoms with Crippen LogP contribution in [0.15, 0.2) is 54.6 Å². The molecular weight excluding hydrogens is 260 g/mol. The van der Waals surface area contributed by atoms with Crippen LogP contribution in [0.4, 0.5) is 0 Å². The van der Waals surface area contributed by atoms with Crippen molar-refractivity contribution in [2.45, 2.75) is 0 Å². The van der Waals surface area contributed by atoms with Crippen LogP contribution >= 0.6 is 11.6 Å². The largest absolute Gasteiger partial charge is 0.497 e. The molecule has 19 heavy (non-hydrogen) atoms. The van der Waals surface area contributed by atoms with Gasteiger partial charge in [0.05, 0.1) is 7.11 Å². The van der Waals surface area contributed by atoms with E-state index < -0.39 is 0 Å². The van der Waals surface area contributed by atoms with Crippen molar-refractivity contribution in [3.63, 3.8) is 0 Å². The molecule has 0 radical (unpaired) electrons. The Balaban J connectivity index is 2.13. The molecule has 0 aliphatic heterocycles.